The number of hydrogen-bond acceptors (Lipinski definition) is 7. The van der Waals surface area contributed by atoms with Crippen molar-refractivity contribution in [2.45, 2.75) is 32.7 Å². The van der Waals surface area contributed by atoms with Crippen molar-refractivity contribution >= 4 is 33.3 Å². The number of anilines is 1. The Hall–Kier alpha value is -3.52. The van der Waals surface area contributed by atoms with E-state index in [1.165, 1.54) is 16.2 Å². The fourth-order valence-electron chi connectivity index (χ4n) is 3.93. The summed E-state index contributed by atoms with van der Waals surface area (Å²) in [5.41, 5.74) is 1.21. The second-order valence-electron chi connectivity index (χ2n) is 7.83. The van der Waals surface area contributed by atoms with Gasteiger partial charge in [0, 0.05) is 5.92 Å². The van der Waals surface area contributed by atoms with Crippen LogP contribution in [0.25, 0.3) is 11.0 Å². The highest BCUT2D eigenvalue weighted by Crippen LogP contribution is 2.43. The Morgan fingerprint density at radius 2 is 1.94 bits per heavy atom. The minimum atomic E-state index is -0.688. The normalized spacial score (nSPS) is 15.6. The van der Waals surface area contributed by atoms with Crippen molar-refractivity contribution in [3.63, 3.8) is 0 Å². The maximum atomic E-state index is 13.6. The molecular formula is C24H21N3O4S. The van der Waals surface area contributed by atoms with Crippen LogP contribution >= 0.6 is 11.3 Å². The van der Waals surface area contributed by atoms with E-state index in [9.17, 15) is 9.59 Å². The lowest BCUT2D eigenvalue weighted by atomic mass is 9.98. The molecule has 2 aromatic heterocycles. The lowest BCUT2D eigenvalue weighted by Crippen LogP contribution is -2.29. The van der Waals surface area contributed by atoms with Gasteiger partial charge in [-0.3, -0.25) is 14.5 Å². The molecule has 1 aliphatic heterocycles. The van der Waals surface area contributed by atoms with Crippen LogP contribution in [0.15, 0.2) is 57.7 Å². The lowest BCUT2D eigenvalue weighted by Gasteiger charge is -2.22. The highest BCUT2D eigenvalue weighted by Gasteiger charge is 2.45. The third kappa shape index (κ3) is 3.18. The molecule has 162 valence electrons. The quantitative estimate of drug-likeness (QED) is 0.432. The Morgan fingerprint density at radius 3 is 2.69 bits per heavy atom. The van der Waals surface area contributed by atoms with Gasteiger partial charge < -0.3 is 9.15 Å². The van der Waals surface area contributed by atoms with E-state index in [2.05, 4.69) is 10.2 Å². The first-order valence-electron chi connectivity index (χ1n) is 10.4. The number of aromatic nitrogens is 2. The summed E-state index contributed by atoms with van der Waals surface area (Å²) in [5.74, 6) is 0.475. The zero-order valence-electron chi connectivity index (χ0n) is 17.9. The minimum absolute atomic E-state index is 0.0433. The van der Waals surface area contributed by atoms with Crippen molar-refractivity contribution in [2.75, 3.05) is 11.5 Å². The second kappa shape index (κ2) is 7.87. The van der Waals surface area contributed by atoms with E-state index < -0.39 is 11.9 Å². The van der Waals surface area contributed by atoms with E-state index in [4.69, 9.17) is 9.15 Å². The van der Waals surface area contributed by atoms with Crippen LogP contribution in [0.3, 0.4) is 0 Å². The highest BCUT2D eigenvalue weighted by molar-refractivity contribution is 7.15. The van der Waals surface area contributed by atoms with Crippen molar-refractivity contribution in [1.29, 1.82) is 0 Å². The molecule has 1 atom stereocenters. The van der Waals surface area contributed by atoms with E-state index in [0.29, 0.717) is 34.0 Å². The molecule has 0 saturated carbocycles. The zero-order valence-corrected chi connectivity index (χ0v) is 18.7. The molecule has 3 heterocycles. The summed E-state index contributed by atoms with van der Waals surface area (Å²) in [6.45, 7) is 6.45. The van der Waals surface area contributed by atoms with Crippen LogP contribution in [-0.4, -0.2) is 22.7 Å². The average molecular weight is 448 g/mol. The van der Waals surface area contributed by atoms with Gasteiger partial charge in [-0.2, -0.15) is 0 Å². The summed E-state index contributed by atoms with van der Waals surface area (Å²) in [5, 5.41) is 10.2. The van der Waals surface area contributed by atoms with E-state index in [-0.39, 0.29) is 17.1 Å². The first-order valence-corrected chi connectivity index (χ1v) is 11.3. The van der Waals surface area contributed by atoms with Crippen LogP contribution in [0.4, 0.5) is 5.13 Å². The Balaban J connectivity index is 1.76. The number of carbonyl (C=O) groups is 1. The van der Waals surface area contributed by atoms with Crippen molar-refractivity contribution in [2.24, 2.45) is 0 Å². The molecule has 32 heavy (non-hydrogen) atoms. The van der Waals surface area contributed by atoms with Gasteiger partial charge in [0.25, 0.3) is 5.91 Å². The molecular weight excluding hydrogens is 426 g/mol. The first-order chi connectivity index (χ1) is 15.5. The number of amides is 1. The maximum absolute atomic E-state index is 13.6. The van der Waals surface area contributed by atoms with Gasteiger partial charge in [-0.1, -0.05) is 49.4 Å². The van der Waals surface area contributed by atoms with Gasteiger partial charge >= 0.3 is 0 Å². The smallest absolute Gasteiger partial charge is 0.297 e. The third-order valence-corrected chi connectivity index (χ3v) is 6.62. The second-order valence-corrected chi connectivity index (χ2v) is 8.82. The number of ether oxygens (including phenoxy) is 1. The summed E-state index contributed by atoms with van der Waals surface area (Å²) in [4.78, 5) is 28.6. The van der Waals surface area contributed by atoms with Crippen LogP contribution in [0, 0.1) is 0 Å². The van der Waals surface area contributed by atoms with Crippen LogP contribution in [0.2, 0.25) is 0 Å². The summed E-state index contributed by atoms with van der Waals surface area (Å²) < 4.78 is 11.6. The molecule has 5 rings (SSSR count). The highest BCUT2D eigenvalue weighted by atomic mass is 32.1. The summed E-state index contributed by atoms with van der Waals surface area (Å²) in [7, 11) is 0. The molecule has 0 N–H and O–H groups in total. The van der Waals surface area contributed by atoms with Gasteiger partial charge in [-0.25, -0.2) is 0 Å². The molecule has 7 nitrogen and oxygen atoms in total. The van der Waals surface area contributed by atoms with Crippen LogP contribution in [0.1, 0.15) is 59.4 Å². The van der Waals surface area contributed by atoms with Crippen molar-refractivity contribution in [3.05, 3.63) is 80.6 Å². The van der Waals surface area contributed by atoms with Crippen molar-refractivity contribution in [1.82, 2.24) is 10.2 Å². The lowest BCUT2D eigenvalue weighted by molar-refractivity contribution is 0.0970. The first kappa shape index (κ1) is 20.4. The molecule has 0 aliphatic carbocycles. The fraction of sp³-hybridized carbons (Fsp3) is 0.250. The van der Waals surface area contributed by atoms with Gasteiger partial charge in [-0.15, -0.1) is 10.2 Å². The van der Waals surface area contributed by atoms with Gasteiger partial charge in [0.15, 0.2) is 5.43 Å². The molecule has 2 aromatic carbocycles. The number of benzene rings is 2. The van der Waals surface area contributed by atoms with Gasteiger partial charge in [0.2, 0.25) is 10.9 Å². The predicted octanol–water partition coefficient (Wildman–Crippen LogP) is 4.92. The maximum Gasteiger partial charge on any atom is 0.297 e. The number of fused-ring (bicyclic) bond motifs is 2. The number of rotatable bonds is 5. The number of nitrogens with zero attached hydrogens (tertiary/aromatic N) is 3. The zero-order chi connectivity index (χ0) is 22.4. The largest absolute Gasteiger partial charge is 0.494 e. The van der Waals surface area contributed by atoms with E-state index in [0.717, 1.165) is 10.6 Å². The average Bonchev–Trinajstić information content (AvgIpc) is 3.38. The molecule has 0 fully saturated rings. The van der Waals surface area contributed by atoms with Crippen LogP contribution in [0.5, 0.6) is 5.75 Å². The van der Waals surface area contributed by atoms with E-state index >= 15 is 0 Å². The summed E-state index contributed by atoms with van der Waals surface area (Å²) >= 11 is 1.34. The van der Waals surface area contributed by atoms with Crippen LogP contribution in [-0.2, 0) is 0 Å². The summed E-state index contributed by atoms with van der Waals surface area (Å²) in [6, 6.07) is 13.7. The third-order valence-electron chi connectivity index (χ3n) is 5.39. The number of hydrogen-bond donors (Lipinski definition) is 0. The van der Waals surface area contributed by atoms with Crippen LogP contribution < -0.4 is 15.1 Å². The predicted molar refractivity (Wildman–Crippen MR) is 123 cm³/mol. The molecule has 1 unspecified atom stereocenters. The fourth-order valence-corrected chi connectivity index (χ4v) is 4.80. The molecule has 0 spiro atoms. The SMILES string of the molecule is CCOc1cccc(C2c3c(oc4ccccc4c3=O)C(=O)N2c2nnc(C(C)C)s2)c1. The van der Waals surface area contributed by atoms with Crippen molar-refractivity contribution in [3.8, 4) is 5.75 Å². The van der Waals surface area contributed by atoms with E-state index in [1.54, 1.807) is 24.3 Å². The molecule has 4 aromatic rings. The topological polar surface area (TPSA) is 85.5 Å². The number of carbonyl (C=O) groups excluding carboxylic acids is 1. The van der Waals surface area contributed by atoms with Crippen molar-refractivity contribution < 1.29 is 13.9 Å². The standard InChI is InChI=1S/C24H21N3O4S/c1-4-30-15-9-7-8-14(12-15)19-18-20(28)16-10-5-6-11-17(16)31-21(18)23(29)27(19)24-26-25-22(32-24)13(2)3/h5-13,19H,4H2,1-3H3. The van der Waals surface area contributed by atoms with Gasteiger partial charge in [-0.05, 0) is 36.8 Å². The summed E-state index contributed by atoms with van der Waals surface area (Å²) in [6.07, 6.45) is 0. The van der Waals surface area contributed by atoms with Gasteiger partial charge in [0.1, 0.15) is 16.3 Å². The molecule has 8 heteroatoms. The Labute approximate surface area is 188 Å². The molecule has 0 saturated heterocycles. The molecule has 1 aliphatic rings. The van der Waals surface area contributed by atoms with E-state index in [1.807, 2.05) is 45.0 Å². The Kier molecular flexibility index (Phi) is 5.01. The Bertz CT molecular complexity index is 1390. The Morgan fingerprint density at radius 1 is 1.12 bits per heavy atom. The monoisotopic (exact) mass is 447 g/mol. The molecule has 0 bridgehead atoms. The van der Waals surface area contributed by atoms with Gasteiger partial charge in [0.05, 0.1) is 23.6 Å². The number of para-hydroxylation sites is 1. The molecule has 0 radical (unpaired) electrons. The minimum Gasteiger partial charge on any atom is -0.494 e. The molecule has 1 amide bonds.